The van der Waals surface area contributed by atoms with Crippen LogP contribution in [0.1, 0.15) is 54.6 Å². The van der Waals surface area contributed by atoms with Crippen LogP contribution in [0.2, 0.25) is 0 Å². The number of thiazole rings is 1. The normalized spacial score (nSPS) is 12.6. The van der Waals surface area contributed by atoms with Gasteiger partial charge in [-0.3, -0.25) is 0 Å². The summed E-state index contributed by atoms with van der Waals surface area (Å²) in [6.07, 6.45) is -0.572. The molecular weight excluding hydrogens is 459 g/mol. The van der Waals surface area contributed by atoms with Crippen molar-refractivity contribution in [2.24, 2.45) is 4.99 Å². The van der Waals surface area contributed by atoms with Crippen LogP contribution in [0.25, 0.3) is 0 Å². The van der Waals surface area contributed by atoms with Crippen molar-refractivity contribution in [3.05, 3.63) is 51.5 Å². The van der Waals surface area contributed by atoms with Crippen LogP contribution in [0.5, 0.6) is 0 Å². The van der Waals surface area contributed by atoms with Crippen molar-refractivity contribution in [1.29, 1.82) is 0 Å². The molecule has 1 atom stereocenters. The van der Waals surface area contributed by atoms with Crippen LogP contribution >= 0.6 is 35.3 Å². The van der Waals surface area contributed by atoms with Crippen molar-refractivity contribution in [3.63, 3.8) is 0 Å². The van der Waals surface area contributed by atoms with Crippen LogP contribution in [0.3, 0.4) is 0 Å². The second-order valence-electron chi connectivity index (χ2n) is 6.32. The summed E-state index contributed by atoms with van der Waals surface area (Å²) in [4.78, 5) is 9.17. The van der Waals surface area contributed by atoms with Gasteiger partial charge in [-0.15, -0.1) is 35.3 Å². The highest BCUT2D eigenvalue weighted by molar-refractivity contribution is 14.0. The SMILES string of the molecule is CCNC(=NCc1nc(C(C)C)cs1)NCC(O)c1ccc(C)cc1.I. The Hall–Kier alpha value is -1.19. The number of aliphatic hydroxyl groups is 1. The number of nitrogens with zero attached hydrogens (tertiary/aromatic N) is 2. The lowest BCUT2D eigenvalue weighted by Crippen LogP contribution is -2.39. The predicted molar refractivity (Wildman–Crippen MR) is 121 cm³/mol. The van der Waals surface area contributed by atoms with Crippen molar-refractivity contribution < 1.29 is 5.11 Å². The third kappa shape index (κ3) is 7.20. The molecule has 0 amide bonds. The summed E-state index contributed by atoms with van der Waals surface area (Å²) in [5.74, 6) is 1.12. The van der Waals surface area contributed by atoms with Crippen LogP contribution in [-0.2, 0) is 6.54 Å². The molecule has 1 aromatic carbocycles. The molecule has 1 aromatic heterocycles. The Labute approximate surface area is 177 Å². The van der Waals surface area contributed by atoms with Crippen LogP contribution in [0.4, 0.5) is 0 Å². The summed E-state index contributed by atoms with van der Waals surface area (Å²) in [5.41, 5.74) is 3.20. The zero-order valence-electron chi connectivity index (χ0n) is 15.8. The molecule has 3 N–H and O–H groups in total. The van der Waals surface area contributed by atoms with E-state index < -0.39 is 6.10 Å². The van der Waals surface area contributed by atoms with E-state index in [1.165, 1.54) is 5.56 Å². The monoisotopic (exact) mass is 488 g/mol. The maximum Gasteiger partial charge on any atom is 0.191 e. The van der Waals surface area contributed by atoms with Crippen LogP contribution in [-0.4, -0.2) is 29.1 Å². The minimum absolute atomic E-state index is 0. The third-order valence-corrected chi connectivity index (χ3v) is 4.65. The highest BCUT2D eigenvalue weighted by Crippen LogP contribution is 2.18. The molecular formula is C19H29IN4OS. The van der Waals surface area contributed by atoms with Crippen molar-refractivity contribution in [3.8, 4) is 0 Å². The first-order valence-corrected chi connectivity index (χ1v) is 9.58. The fraction of sp³-hybridized carbons (Fsp3) is 0.474. The highest BCUT2D eigenvalue weighted by atomic mass is 127. The van der Waals surface area contributed by atoms with E-state index in [9.17, 15) is 5.11 Å². The second kappa shape index (κ2) is 11.5. The Morgan fingerprint density at radius 3 is 2.50 bits per heavy atom. The van der Waals surface area contributed by atoms with Gasteiger partial charge in [0.15, 0.2) is 5.96 Å². The average molecular weight is 488 g/mol. The Bertz CT molecular complexity index is 685. The summed E-state index contributed by atoms with van der Waals surface area (Å²) < 4.78 is 0. The van der Waals surface area contributed by atoms with E-state index in [0.29, 0.717) is 25.0 Å². The molecule has 0 spiro atoms. The van der Waals surface area contributed by atoms with E-state index in [4.69, 9.17) is 0 Å². The van der Waals surface area contributed by atoms with Gasteiger partial charge in [0.25, 0.3) is 0 Å². The molecule has 0 saturated carbocycles. The first kappa shape index (κ1) is 22.9. The Kier molecular flexibility index (Phi) is 10.1. The number of aryl methyl sites for hydroxylation is 1. The zero-order valence-corrected chi connectivity index (χ0v) is 19.0. The van der Waals surface area contributed by atoms with Gasteiger partial charge in [0.2, 0.25) is 0 Å². The summed E-state index contributed by atoms with van der Waals surface area (Å²) in [6.45, 7) is 10.0. The largest absolute Gasteiger partial charge is 0.387 e. The lowest BCUT2D eigenvalue weighted by Gasteiger charge is -2.15. The van der Waals surface area contributed by atoms with Gasteiger partial charge in [0.1, 0.15) is 5.01 Å². The maximum atomic E-state index is 10.3. The van der Waals surface area contributed by atoms with Crippen LogP contribution in [0.15, 0.2) is 34.6 Å². The van der Waals surface area contributed by atoms with Crippen molar-refractivity contribution >= 4 is 41.3 Å². The molecule has 0 aliphatic rings. The van der Waals surface area contributed by atoms with Crippen molar-refractivity contribution in [2.45, 2.75) is 46.3 Å². The predicted octanol–water partition coefficient (Wildman–Crippen LogP) is 3.98. The molecule has 0 aliphatic carbocycles. The number of halogens is 1. The third-order valence-electron chi connectivity index (χ3n) is 3.80. The number of aliphatic hydroxyl groups excluding tert-OH is 1. The molecule has 26 heavy (non-hydrogen) atoms. The Balaban J connectivity index is 0.00000338. The van der Waals surface area contributed by atoms with Gasteiger partial charge < -0.3 is 15.7 Å². The van der Waals surface area contributed by atoms with Gasteiger partial charge in [-0.05, 0) is 25.3 Å². The Morgan fingerprint density at radius 1 is 1.23 bits per heavy atom. The number of aliphatic imine (C=N–C) groups is 1. The van der Waals surface area contributed by atoms with E-state index in [2.05, 4.69) is 39.8 Å². The van der Waals surface area contributed by atoms with E-state index in [1.54, 1.807) is 11.3 Å². The van der Waals surface area contributed by atoms with E-state index in [-0.39, 0.29) is 24.0 Å². The number of guanidine groups is 1. The smallest absolute Gasteiger partial charge is 0.191 e. The van der Waals surface area contributed by atoms with E-state index in [1.807, 2.05) is 38.1 Å². The molecule has 0 fully saturated rings. The summed E-state index contributed by atoms with van der Waals surface area (Å²) in [6, 6.07) is 7.92. The second-order valence-corrected chi connectivity index (χ2v) is 7.27. The molecule has 1 unspecified atom stereocenters. The van der Waals surface area contributed by atoms with Gasteiger partial charge in [-0.25, -0.2) is 9.98 Å². The van der Waals surface area contributed by atoms with Crippen LogP contribution < -0.4 is 10.6 Å². The zero-order chi connectivity index (χ0) is 18.2. The molecule has 0 bridgehead atoms. The first-order valence-electron chi connectivity index (χ1n) is 8.70. The number of hydrogen-bond donors (Lipinski definition) is 3. The molecule has 0 saturated heterocycles. The standard InChI is InChI=1S/C19H28N4OS.HI/c1-5-20-19(22-11-18-23-16(12-25-18)13(2)3)21-10-17(24)15-8-6-14(4)7-9-15;/h6-9,12-13,17,24H,5,10-11H2,1-4H3,(H2,20,21,22);1H. The molecule has 144 valence electrons. The van der Waals surface area contributed by atoms with Gasteiger partial charge >= 0.3 is 0 Å². The molecule has 5 nitrogen and oxygen atoms in total. The minimum atomic E-state index is -0.572. The molecule has 7 heteroatoms. The van der Waals surface area contributed by atoms with Crippen molar-refractivity contribution in [2.75, 3.05) is 13.1 Å². The lowest BCUT2D eigenvalue weighted by molar-refractivity contribution is 0.181. The number of benzene rings is 1. The van der Waals surface area contributed by atoms with E-state index >= 15 is 0 Å². The van der Waals surface area contributed by atoms with Gasteiger partial charge in [0.05, 0.1) is 18.3 Å². The van der Waals surface area contributed by atoms with Gasteiger partial charge in [-0.1, -0.05) is 43.7 Å². The number of nitrogens with one attached hydrogen (secondary N) is 2. The van der Waals surface area contributed by atoms with Gasteiger partial charge in [0, 0.05) is 18.5 Å². The first-order chi connectivity index (χ1) is 12.0. The quantitative estimate of drug-likeness (QED) is 0.313. The molecule has 2 rings (SSSR count). The number of hydrogen-bond acceptors (Lipinski definition) is 4. The molecule has 0 radical (unpaired) electrons. The van der Waals surface area contributed by atoms with Gasteiger partial charge in [-0.2, -0.15) is 0 Å². The van der Waals surface area contributed by atoms with Crippen molar-refractivity contribution in [1.82, 2.24) is 15.6 Å². The molecule has 1 heterocycles. The summed E-state index contributed by atoms with van der Waals surface area (Å²) >= 11 is 1.64. The fourth-order valence-electron chi connectivity index (χ4n) is 2.25. The highest BCUT2D eigenvalue weighted by Gasteiger charge is 2.09. The fourth-order valence-corrected chi connectivity index (χ4v) is 3.13. The average Bonchev–Trinajstić information content (AvgIpc) is 3.07. The number of aromatic nitrogens is 1. The lowest BCUT2D eigenvalue weighted by atomic mass is 10.1. The minimum Gasteiger partial charge on any atom is -0.387 e. The van der Waals surface area contributed by atoms with Crippen LogP contribution in [0, 0.1) is 6.92 Å². The number of rotatable bonds is 7. The maximum absolute atomic E-state index is 10.3. The molecule has 2 aromatic rings. The summed E-state index contributed by atoms with van der Waals surface area (Å²) in [5, 5.41) is 19.8. The topological polar surface area (TPSA) is 69.5 Å². The molecule has 0 aliphatic heterocycles. The summed E-state index contributed by atoms with van der Waals surface area (Å²) in [7, 11) is 0. The Morgan fingerprint density at radius 2 is 1.92 bits per heavy atom. The van der Waals surface area contributed by atoms with E-state index in [0.717, 1.165) is 22.8 Å².